The fraction of sp³-hybridized carbons (Fsp3) is 0.241. The Labute approximate surface area is 206 Å². The third-order valence-corrected chi connectivity index (χ3v) is 6.12. The molecule has 0 bridgehead atoms. The van der Waals surface area contributed by atoms with Gasteiger partial charge in [-0.25, -0.2) is 9.59 Å². The van der Waals surface area contributed by atoms with Crippen LogP contribution in [0.25, 0.3) is 0 Å². The number of fused-ring (bicyclic) bond motifs is 1. The van der Waals surface area contributed by atoms with Crippen molar-refractivity contribution in [3.63, 3.8) is 0 Å². The van der Waals surface area contributed by atoms with E-state index in [0.29, 0.717) is 12.2 Å². The summed E-state index contributed by atoms with van der Waals surface area (Å²) in [7, 11) is 2.23. The Morgan fingerprint density at radius 2 is 1.43 bits per heavy atom. The van der Waals surface area contributed by atoms with Crippen LogP contribution in [0.3, 0.4) is 0 Å². The average Bonchev–Trinajstić information content (AvgIpc) is 3.26. The van der Waals surface area contributed by atoms with Crippen LogP contribution in [0.15, 0.2) is 97.1 Å². The van der Waals surface area contributed by atoms with Crippen molar-refractivity contribution in [2.45, 2.75) is 18.3 Å². The summed E-state index contributed by atoms with van der Waals surface area (Å²) >= 11 is 0. The zero-order chi connectivity index (χ0) is 25.1. The van der Waals surface area contributed by atoms with Gasteiger partial charge in [-0.15, -0.1) is 0 Å². The number of carboxylic acid groups (broad SMARTS) is 2. The van der Waals surface area contributed by atoms with Gasteiger partial charge in [0.2, 0.25) is 0 Å². The van der Waals surface area contributed by atoms with E-state index < -0.39 is 11.9 Å². The van der Waals surface area contributed by atoms with Crippen LogP contribution in [0.1, 0.15) is 23.1 Å². The minimum atomic E-state index is -1.26. The molecule has 1 aliphatic rings. The SMILES string of the molecule is CN(CCc1ccccc1)CCC1(c2ccccc2)COc2ccccc21.O=C(O)/C=C/C(=O)O. The van der Waals surface area contributed by atoms with E-state index in [1.807, 2.05) is 0 Å². The Balaban J connectivity index is 0.000000371. The van der Waals surface area contributed by atoms with Gasteiger partial charge in [-0.05, 0) is 43.6 Å². The maximum Gasteiger partial charge on any atom is 0.328 e. The van der Waals surface area contributed by atoms with E-state index in [1.165, 1.54) is 16.7 Å². The Bertz CT molecular complexity index is 1110. The Morgan fingerprint density at radius 3 is 2.06 bits per heavy atom. The Hall–Kier alpha value is -3.90. The van der Waals surface area contributed by atoms with Gasteiger partial charge in [-0.3, -0.25) is 0 Å². The van der Waals surface area contributed by atoms with Crippen LogP contribution in [-0.4, -0.2) is 53.8 Å². The highest BCUT2D eigenvalue weighted by Gasteiger charge is 2.41. The third-order valence-electron chi connectivity index (χ3n) is 6.12. The van der Waals surface area contributed by atoms with Crippen LogP contribution in [0.5, 0.6) is 5.75 Å². The molecule has 1 atom stereocenters. The molecule has 0 spiro atoms. The number of carboxylic acids is 2. The summed E-state index contributed by atoms with van der Waals surface area (Å²) in [6.45, 7) is 2.83. The molecule has 0 aliphatic carbocycles. The molecule has 0 radical (unpaired) electrons. The number of carbonyl (C=O) groups is 2. The minimum Gasteiger partial charge on any atom is -0.492 e. The fourth-order valence-corrected chi connectivity index (χ4v) is 4.21. The summed E-state index contributed by atoms with van der Waals surface area (Å²) < 4.78 is 6.11. The largest absolute Gasteiger partial charge is 0.492 e. The van der Waals surface area contributed by atoms with Crippen LogP contribution < -0.4 is 4.74 Å². The molecular weight excluding hydrogens is 442 g/mol. The Kier molecular flexibility index (Phi) is 9.21. The van der Waals surface area contributed by atoms with E-state index in [-0.39, 0.29) is 5.41 Å². The molecule has 0 saturated heterocycles. The molecule has 3 aromatic rings. The number of hydrogen-bond acceptors (Lipinski definition) is 4. The highest BCUT2D eigenvalue weighted by molar-refractivity contribution is 5.89. The van der Waals surface area contributed by atoms with Gasteiger partial charge >= 0.3 is 11.9 Å². The summed E-state index contributed by atoms with van der Waals surface area (Å²) in [5.41, 5.74) is 4.02. The van der Waals surface area contributed by atoms with Crippen LogP contribution in [0.2, 0.25) is 0 Å². The van der Waals surface area contributed by atoms with Gasteiger partial charge in [0.1, 0.15) is 12.4 Å². The topological polar surface area (TPSA) is 87.1 Å². The fourth-order valence-electron chi connectivity index (χ4n) is 4.21. The van der Waals surface area contributed by atoms with E-state index in [0.717, 1.165) is 38.3 Å². The lowest BCUT2D eigenvalue weighted by Gasteiger charge is -2.31. The number of aliphatic carboxylic acids is 2. The van der Waals surface area contributed by atoms with Crippen molar-refractivity contribution in [1.82, 2.24) is 4.90 Å². The Morgan fingerprint density at radius 1 is 0.857 bits per heavy atom. The molecule has 35 heavy (non-hydrogen) atoms. The van der Waals surface area contributed by atoms with E-state index in [2.05, 4.69) is 96.9 Å². The summed E-state index contributed by atoms with van der Waals surface area (Å²) in [4.78, 5) is 21.6. The van der Waals surface area contributed by atoms with E-state index in [4.69, 9.17) is 14.9 Å². The standard InChI is InChI=1S/C25H27NO.C4H4O4/c1-26(18-16-21-10-4-2-5-11-21)19-17-25(22-12-6-3-7-13-22)20-27-24-15-9-8-14-23(24)25;5-3(6)1-2-4(7)8/h2-15H,16-20H2,1H3;1-2H,(H,5,6)(H,7,8)/b;2-1+. The first-order chi connectivity index (χ1) is 16.9. The van der Waals surface area contributed by atoms with Crippen molar-refractivity contribution in [2.24, 2.45) is 0 Å². The van der Waals surface area contributed by atoms with E-state index in [9.17, 15) is 9.59 Å². The maximum absolute atomic E-state index is 9.55. The van der Waals surface area contributed by atoms with Crippen LogP contribution in [0, 0.1) is 0 Å². The first-order valence-corrected chi connectivity index (χ1v) is 11.5. The molecule has 0 saturated carbocycles. The van der Waals surface area contributed by atoms with Gasteiger partial charge in [0.15, 0.2) is 0 Å². The van der Waals surface area contributed by atoms with Crippen molar-refractivity contribution >= 4 is 11.9 Å². The molecule has 0 aromatic heterocycles. The molecule has 0 amide bonds. The first kappa shape index (κ1) is 25.7. The molecular formula is C29H31NO5. The van der Waals surface area contributed by atoms with Crippen LogP contribution in [0.4, 0.5) is 0 Å². The number of para-hydroxylation sites is 1. The number of benzene rings is 3. The van der Waals surface area contributed by atoms with Gasteiger partial charge in [0, 0.05) is 24.3 Å². The summed E-state index contributed by atoms with van der Waals surface area (Å²) in [5.74, 6) is -1.48. The zero-order valence-electron chi connectivity index (χ0n) is 19.8. The highest BCUT2D eigenvalue weighted by atomic mass is 16.5. The lowest BCUT2D eigenvalue weighted by molar-refractivity contribution is -0.134. The predicted molar refractivity (Wildman–Crippen MR) is 136 cm³/mol. The van der Waals surface area contributed by atoms with Gasteiger partial charge in [-0.1, -0.05) is 78.9 Å². The molecule has 2 N–H and O–H groups in total. The third kappa shape index (κ3) is 7.29. The molecule has 4 rings (SSSR count). The quantitative estimate of drug-likeness (QED) is 0.440. The lowest BCUT2D eigenvalue weighted by atomic mass is 9.73. The van der Waals surface area contributed by atoms with Crippen LogP contribution in [-0.2, 0) is 21.4 Å². The highest BCUT2D eigenvalue weighted by Crippen LogP contribution is 2.45. The predicted octanol–water partition coefficient (Wildman–Crippen LogP) is 4.64. The number of rotatable bonds is 9. The molecule has 182 valence electrons. The average molecular weight is 474 g/mol. The number of nitrogens with zero attached hydrogens (tertiary/aromatic N) is 1. The van der Waals surface area contributed by atoms with Gasteiger partial charge < -0.3 is 19.8 Å². The van der Waals surface area contributed by atoms with Gasteiger partial charge in [0.05, 0.1) is 5.41 Å². The first-order valence-electron chi connectivity index (χ1n) is 11.5. The van der Waals surface area contributed by atoms with Crippen molar-refractivity contribution in [3.8, 4) is 5.75 Å². The summed E-state index contributed by atoms with van der Waals surface area (Å²) in [6.07, 6.45) is 3.26. The summed E-state index contributed by atoms with van der Waals surface area (Å²) in [5, 5.41) is 15.6. The van der Waals surface area contributed by atoms with Crippen molar-refractivity contribution in [3.05, 3.63) is 114 Å². The second-order valence-electron chi connectivity index (χ2n) is 8.53. The van der Waals surface area contributed by atoms with E-state index >= 15 is 0 Å². The van der Waals surface area contributed by atoms with Crippen LogP contribution >= 0.6 is 0 Å². The summed E-state index contributed by atoms with van der Waals surface area (Å²) in [6, 6.07) is 30.1. The molecule has 1 unspecified atom stereocenters. The molecule has 1 heterocycles. The second kappa shape index (κ2) is 12.5. The van der Waals surface area contributed by atoms with Gasteiger partial charge in [-0.2, -0.15) is 0 Å². The van der Waals surface area contributed by atoms with Gasteiger partial charge in [0.25, 0.3) is 0 Å². The lowest BCUT2D eigenvalue weighted by Crippen LogP contribution is -2.35. The van der Waals surface area contributed by atoms with Crippen molar-refractivity contribution < 1.29 is 24.5 Å². The normalized spacial score (nSPS) is 16.3. The smallest absolute Gasteiger partial charge is 0.328 e. The minimum absolute atomic E-state index is 0.0567. The zero-order valence-corrected chi connectivity index (χ0v) is 19.8. The molecule has 6 heteroatoms. The number of likely N-dealkylation sites (N-methyl/N-ethyl adjacent to an activating group) is 1. The molecule has 3 aromatic carbocycles. The van der Waals surface area contributed by atoms with E-state index in [1.54, 1.807) is 0 Å². The number of ether oxygens (including phenoxy) is 1. The van der Waals surface area contributed by atoms with Crippen molar-refractivity contribution in [2.75, 3.05) is 26.7 Å². The molecule has 0 fully saturated rings. The van der Waals surface area contributed by atoms with Crippen molar-refractivity contribution in [1.29, 1.82) is 0 Å². The molecule has 6 nitrogen and oxygen atoms in total. The number of hydrogen-bond donors (Lipinski definition) is 2. The maximum atomic E-state index is 9.55. The monoisotopic (exact) mass is 473 g/mol. The molecule has 1 aliphatic heterocycles. The second-order valence-corrected chi connectivity index (χ2v) is 8.53.